The van der Waals surface area contributed by atoms with Crippen molar-refractivity contribution < 1.29 is 4.39 Å². The predicted octanol–water partition coefficient (Wildman–Crippen LogP) is 5.88. The molecule has 2 atom stereocenters. The summed E-state index contributed by atoms with van der Waals surface area (Å²) in [5, 5.41) is 0. The summed E-state index contributed by atoms with van der Waals surface area (Å²) >= 11 is 0. The molecule has 2 aromatic rings. The minimum absolute atomic E-state index is 0.0803. The lowest BCUT2D eigenvalue weighted by atomic mass is 9.71. The van der Waals surface area contributed by atoms with Crippen molar-refractivity contribution in [1.82, 2.24) is 0 Å². The highest BCUT2D eigenvalue weighted by molar-refractivity contribution is 5.45. The number of fused-ring (bicyclic) bond motifs is 2. The molecule has 0 fully saturated rings. The Morgan fingerprint density at radius 2 is 1.83 bits per heavy atom. The van der Waals surface area contributed by atoms with Gasteiger partial charge in [-0.05, 0) is 76.8 Å². The van der Waals surface area contributed by atoms with Crippen LogP contribution in [0.1, 0.15) is 78.3 Å². The van der Waals surface area contributed by atoms with E-state index >= 15 is 0 Å². The summed E-state index contributed by atoms with van der Waals surface area (Å²) in [4.78, 5) is 0. The van der Waals surface area contributed by atoms with E-state index < -0.39 is 0 Å². The molecule has 0 nitrogen and oxygen atoms in total. The van der Waals surface area contributed by atoms with Gasteiger partial charge in [0.05, 0.1) is 0 Å². The standard InChI is InChI=1S/C22H25F/c1-13(2)16-4-5-17-11-18(21(17)12-16)10-14(3)19-8-6-15-7-9-20(15)22(19)23/h4-6,8,12-14,18H,7,9-11H2,1-3H3. The fraction of sp³-hybridized carbons (Fsp3) is 0.455. The summed E-state index contributed by atoms with van der Waals surface area (Å²) in [6.07, 6.45) is 4.19. The molecule has 0 bridgehead atoms. The molecular weight excluding hydrogens is 283 g/mol. The van der Waals surface area contributed by atoms with Gasteiger partial charge in [-0.25, -0.2) is 4.39 Å². The maximum absolute atomic E-state index is 14.6. The van der Waals surface area contributed by atoms with Gasteiger partial charge in [0.15, 0.2) is 0 Å². The minimum atomic E-state index is 0.0803. The van der Waals surface area contributed by atoms with E-state index in [1.165, 1.54) is 22.3 Å². The normalized spacial score (nSPS) is 19.6. The first-order valence-electron chi connectivity index (χ1n) is 8.97. The lowest BCUT2D eigenvalue weighted by Gasteiger charge is -2.34. The number of hydrogen-bond donors (Lipinski definition) is 0. The monoisotopic (exact) mass is 308 g/mol. The summed E-state index contributed by atoms with van der Waals surface area (Å²) in [6, 6.07) is 11.1. The summed E-state index contributed by atoms with van der Waals surface area (Å²) in [5.74, 6) is 1.55. The zero-order chi connectivity index (χ0) is 16.1. The zero-order valence-electron chi connectivity index (χ0n) is 14.3. The van der Waals surface area contributed by atoms with Crippen LogP contribution in [0.3, 0.4) is 0 Å². The third-order valence-electron chi connectivity index (χ3n) is 5.93. The van der Waals surface area contributed by atoms with Crippen LogP contribution >= 0.6 is 0 Å². The molecule has 0 amide bonds. The highest BCUT2D eigenvalue weighted by Crippen LogP contribution is 2.43. The van der Waals surface area contributed by atoms with Crippen LogP contribution in [0.4, 0.5) is 4.39 Å². The molecule has 0 saturated carbocycles. The van der Waals surface area contributed by atoms with Gasteiger partial charge in [0, 0.05) is 0 Å². The molecule has 0 aliphatic heterocycles. The van der Waals surface area contributed by atoms with Crippen molar-refractivity contribution in [2.24, 2.45) is 0 Å². The molecule has 1 heteroatoms. The van der Waals surface area contributed by atoms with E-state index in [9.17, 15) is 4.39 Å². The maximum atomic E-state index is 14.6. The van der Waals surface area contributed by atoms with Crippen LogP contribution < -0.4 is 0 Å². The second-order valence-corrected chi connectivity index (χ2v) is 7.76. The maximum Gasteiger partial charge on any atom is 0.130 e. The Kier molecular flexibility index (Phi) is 3.55. The zero-order valence-corrected chi connectivity index (χ0v) is 14.3. The molecule has 0 aromatic heterocycles. The molecule has 2 unspecified atom stereocenters. The van der Waals surface area contributed by atoms with Crippen molar-refractivity contribution in [3.63, 3.8) is 0 Å². The molecule has 23 heavy (non-hydrogen) atoms. The van der Waals surface area contributed by atoms with Crippen LogP contribution in [0.15, 0.2) is 30.3 Å². The molecule has 0 spiro atoms. The van der Waals surface area contributed by atoms with Gasteiger partial charge in [0.2, 0.25) is 0 Å². The number of benzene rings is 2. The van der Waals surface area contributed by atoms with Crippen molar-refractivity contribution in [3.05, 3.63) is 69.5 Å². The van der Waals surface area contributed by atoms with Gasteiger partial charge in [0.25, 0.3) is 0 Å². The van der Waals surface area contributed by atoms with Crippen LogP contribution in [0.2, 0.25) is 0 Å². The van der Waals surface area contributed by atoms with Gasteiger partial charge in [-0.2, -0.15) is 0 Å². The van der Waals surface area contributed by atoms with Gasteiger partial charge >= 0.3 is 0 Å². The van der Waals surface area contributed by atoms with E-state index in [0.717, 1.165) is 36.8 Å². The summed E-state index contributed by atoms with van der Waals surface area (Å²) in [5.41, 5.74) is 7.54. The van der Waals surface area contributed by atoms with Crippen LogP contribution in [0.25, 0.3) is 0 Å². The summed E-state index contributed by atoms with van der Waals surface area (Å²) in [7, 11) is 0. The van der Waals surface area contributed by atoms with Gasteiger partial charge in [-0.15, -0.1) is 0 Å². The topological polar surface area (TPSA) is 0 Å². The highest BCUT2D eigenvalue weighted by Gasteiger charge is 2.30. The average molecular weight is 308 g/mol. The fourth-order valence-electron chi connectivity index (χ4n) is 4.19. The molecule has 0 radical (unpaired) electrons. The number of aryl methyl sites for hydroxylation is 1. The lowest BCUT2D eigenvalue weighted by Crippen LogP contribution is -2.20. The number of halogens is 1. The Morgan fingerprint density at radius 3 is 2.52 bits per heavy atom. The van der Waals surface area contributed by atoms with Gasteiger partial charge in [-0.1, -0.05) is 51.1 Å². The molecule has 0 N–H and O–H groups in total. The van der Waals surface area contributed by atoms with Crippen molar-refractivity contribution in [2.75, 3.05) is 0 Å². The van der Waals surface area contributed by atoms with E-state index in [0.29, 0.717) is 17.8 Å². The van der Waals surface area contributed by atoms with Crippen molar-refractivity contribution in [1.29, 1.82) is 0 Å². The average Bonchev–Trinajstić information content (AvgIpc) is 2.46. The third-order valence-corrected chi connectivity index (χ3v) is 5.93. The first-order valence-corrected chi connectivity index (χ1v) is 8.97. The predicted molar refractivity (Wildman–Crippen MR) is 93.8 cm³/mol. The summed E-state index contributed by atoms with van der Waals surface area (Å²) < 4.78 is 14.6. The first-order chi connectivity index (χ1) is 11.0. The largest absolute Gasteiger partial charge is 0.206 e. The Balaban J connectivity index is 1.53. The van der Waals surface area contributed by atoms with Gasteiger partial charge < -0.3 is 0 Å². The number of hydrogen-bond acceptors (Lipinski definition) is 0. The Morgan fingerprint density at radius 1 is 1.04 bits per heavy atom. The second-order valence-electron chi connectivity index (χ2n) is 7.76. The Labute approximate surface area is 138 Å². The van der Waals surface area contributed by atoms with Crippen LogP contribution in [-0.2, 0) is 19.3 Å². The van der Waals surface area contributed by atoms with Crippen LogP contribution in [0.5, 0.6) is 0 Å². The third kappa shape index (κ3) is 2.41. The fourth-order valence-corrected chi connectivity index (χ4v) is 4.19. The Bertz CT molecular complexity index is 757. The van der Waals surface area contributed by atoms with E-state index in [2.05, 4.69) is 45.0 Å². The molecule has 0 saturated heterocycles. The van der Waals surface area contributed by atoms with E-state index in [1.807, 2.05) is 6.07 Å². The van der Waals surface area contributed by atoms with Gasteiger partial charge in [0.1, 0.15) is 5.82 Å². The van der Waals surface area contributed by atoms with E-state index in [1.54, 1.807) is 0 Å². The molecule has 2 aliphatic rings. The summed E-state index contributed by atoms with van der Waals surface area (Å²) in [6.45, 7) is 6.68. The van der Waals surface area contributed by atoms with Gasteiger partial charge in [-0.3, -0.25) is 0 Å². The Hall–Kier alpha value is -1.63. The first kappa shape index (κ1) is 14.9. The minimum Gasteiger partial charge on any atom is -0.206 e. The lowest BCUT2D eigenvalue weighted by molar-refractivity contribution is 0.485. The highest BCUT2D eigenvalue weighted by atomic mass is 19.1. The van der Waals surface area contributed by atoms with E-state index in [-0.39, 0.29) is 5.82 Å². The molecule has 4 rings (SSSR count). The molecule has 2 aliphatic carbocycles. The van der Waals surface area contributed by atoms with Crippen LogP contribution in [-0.4, -0.2) is 0 Å². The number of rotatable bonds is 4. The molecule has 0 heterocycles. The van der Waals surface area contributed by atoms with Crippen molar-refractivity contribution in [2.45, 2.75) is 64.2 Å². The second kappa shape index (κ2) is 5.47. The molecule has 120 valence electrons. The van der Waals surface area contributed by atoms with E-state index in [4.69, 9.17) is 0 Å². The van der Waals surface area contributed by atoms with Crippen molar-refractivity contribution >= 4 is 0 Å². The molecular formula is C22H25F. The van der Waals surface area contributed by atoms with Crippen molar-refractivity contribution in [3.8, 4) is 0 Å². The smallest absolute Gasteiger partial charge is 0.130 e. The SMILES string of the molecule is CC(C)c1ccc2c(c1)C(CC(C)c1ccc3c(c1F)CC3)C2. The molecule has 2 aromatic carbocycles. The van der Waals surface area contributed by atoms with Crippen LogP contribution in [0, 0.1) is 5.82 Å². The quantitative estimate of drug-likeness (QED) is 0.661.